The van der Waals surface area contributed by atoms with Crippen LogP contribution in [0.5, 0.6) is 0 Å². The Labute approximate surface area is 131 Å². The number of hydrogen-bond acceptors (Lipinski definition) is 6. The highest BCUT2D eigenvalue weighted by Gasteiger charge is 2.10. The highest BCUT2D eigenvalue weighted by atomic mass is 79.9. The zero-order valence-corrected chi connectivity index (χ0v) is 13.0. The van der Waals surface area contributed by atoms with Crippen molar-refractivity contribution in [3.63, 3.8) is 0 Å². The number of carbonyl (C=O) groups is 1. The van der Waals surface area contributed by atoms with Crippen LogP contribution in [0.1, 0.15) is 5.82 Å². The van der Waals surface area contributed by atoms with E-state index in [2.05, 4.69) is 46.9 Å². The van der Waals surface area contributed by atoms with Crippen molar-refractivity contribution in [1.29, 1.82) is 0 Å². The first kappa shape index (κ1) is 13.8. The molecule has 3 rings (SSSR count). The van der Waals surface area contributed by atoms with Crippen LogP contribution in [0, 0.1) is 0 Å². The molecule has 7 nitrogen and oxygen atoms in total. The summed E-state index contributed by atoms with van der Waals surface area (Å²) in [6.07, 6.45) is 0.0592. The summed E-state index contributed by atoms with van der Waals surface area (Å²) < 4.78 is 1.01. The van der Waals surface area contributed by atoms with Crippen molar-refractivity contribution in [1.82, 2.24) is 25.6 Å². The summed E-state index contributed by atoms with van der Waals surface area (Å²) in [5, 5.41) is 18.3. The van der Waals surface area contributed by atoms with Gasteiger partial charge in [-0.05, 0) is 12.1 Å². The lowest BCUT2D eigenvalue weighted by atomic mass is 10.2. The summed E-state index contributed by atoms with van der Waals surface area (Å²) in [6, 6.07) is 7.82. The van der Waals surface area contributed by atoms with Crippen molar-refractivity contribution in [2.45, 2.75) is 6.42 Å². The molecule has 106 valence electrons. The Balaban J connectivity index is 1.67. The van der Waals surface area contributed by atoms with Crippen molar-refractivity contribution in [2.24, 2.45) is 0 Å². The topological polar surface area (TPSA) is 96.5 Å². The molecule has 0 aliphatic rings. The number of tetrazole rings is 1. The SMILES string of the molecule is O=C(Cc1nn[nH]n1)Nc1nc(-c2ccc(Br)cc2)cs1. The van der Waals surface area contributed by atoms with Crippen LogP contribution in [0.2, 0.25) is 0 Å². The van der Waals surface area contributed by atoms with E-state index in [1.54, 1.807) is 0 Å². The Morgan fingerprint density at radius 2 is 2.14 bits per heavy atom. The number of thiazole rings is 1. The quantitative estimate of drug-likeness (QED) is 0.739. The van der Waals surface area contributed by atoms with Crippen molar-refractivity contribution in [3.8, 4) is 11.3 Å². The summed E-state index contributed by atoms with van der Waals surface area (Å²) in [7, 11) is 0. The van der Waals surface area contributed by atoms with E-state index in [1.165, 1.54) is 11.3 Å². The predicted molar refractivity (Wildman–Crippen MR) is 81.8 cm³/mol. The van der Waals surface area contributed by atoms with Gasteiger partial charge in [-0.3, -0.25) is 4.79 Å². The molecule has 9 heteroatoms. The van der Waals surface area contributed by atoms with Gasteiger partial charge in [0.15, 0.2) is 11.0 Å². The van der Waals surface area contributed by atoms with E-state index in [9.17, 15) is 4.79 Å². The summed E-state index contributed by atoms with van der Waals surface area (Å²) in [6.45, 7) is 0. The van der Waals surface area contributed by atoms with Crippen LogP contribution in [0.15, 0.2) is 34.1 Å². The highest BCUT2D eigenvalue weighted by molar-refractivity contribution is 9.10. The molecule has 0 unspecified atom stereocenters. The molecular weight excluding hydrogens is 356 g/mol. The largest absolute Gasteiger partial charge is 0.302 e. The zero-order valence-electron chi connectivity index (χ0n) is 10.6. The average Bonchev–Trinajstić information content (AvgIpc) is 3.11. The van der Waals surface area contributed by atoms with Gasteiger partial charge in [0.05, 0.1) is 12.1 Å². The van der Waals surface area contributed by atoms with Gasteiger partial charge in [0.2, 0.25) is 5.91 Å². The molecule has 2 aromatic heterocycles. The van der Waals surface area contributed by atoms with E-state index in [0.29, 0.717) is 11.0 Å². The lowest BCUT2D eigenvalue weighted by Crippen LogP contribution is -2.15. The van der Waals surface area contributed by atoms with Crippen LogP contribution in [-0.2, 0) is 11.2 Å². The number of benzene rings is 1. The van der Waals surface area contributed by atoms with Crippen LogP contribution >= 0.6 is 27.3 Å². The lowest BCUT2D eigenvalue weighted by molar-refractivity contribution is -0.115. The number of carbonyl (C=O) groups excluding carboxylic acids is 1. The van der Waals surface area contributed by atoms with Crippen molar-refractivity contribution >= 4 is 38.3 Å². The molecule has 0 bridgehead atoms. The first-order valence-corrected chi connectivity index (χ1v) is 7.61. The molecule has 0 saturated carbocycles. The standard InChI is InChI=1S/C12H9BrN6OS/c13-8-3-1-7(2-4-8)9-6-21-12(14-9)15-11(20)5-10-16-18-19-17-10/h1-4,6H,5H2,(H,14,15,20)(H,16,17,18,19). The van der Waals surface area contributed by atoms with Crippen molar-refractivity contribution in [2.75, 3.05) is 5.32 Å². The molecule has 0 radical (unpaired) electrons. The number of H-pyrrole nitrogens is 1. The first-order valence-electron chi connectivity index (χ1n) is 5.94. The molecule has 2 N–H and O–H groups in total. The molecule has 0 aliphatic heterocycles. The van der Waals surface area contributed by atoms with E-state index in [-0.39, 0.29) is 12.3 Å². The van der Waals surface area contributed by atoms with Gasteiger partial charge in [-0.2, -0.15) is 5.21 Å². The Hall–Kier alpha value is -2.13. The molecule has 1 aromatic carbocycles. The predicted octanol–water partition coefficient (Wildman–Crippen LogP) is 2.27. The van der Waals surface area contributed by atoms with E-state index < -0.39 is 0 Å². The number of rotatable bonds is 4. The maximum atomic E-state index is 11.8. The lowest BCUT2D eigenvalue weighted by Gasteiger charge is -1.98. The molecular formula is C12H9BrN6OS. The van der Waals surface area contributed by atoms with Crippen LogP contribution in [0.3, 0.4) is 0 Å². The molecule has 0 atom stereocenters. The third-order valence-electron chi connectivity index (χ3n) is 2.60. The van der Waals surface area contributed by atoms with Crippen LogP contribution in [-0.4, -0.2) is 31.5 Å². The summed E-state index contributed by atoms with van der Waals surface area (Å²) in [5.74, 6) is 0.116. The van der Waals surface area contributed by atoms with E-state index >= 15 is 0 Å². The van der Waals surface area contributed by atoms with Crippen LogP contribution in [0.25, 0.3) is 11.3 Å². The number of nitrogens with one attached hydrogen (secondary N) is 2. The Bertz CT molecular complexity index is 739. The van der Waals surface area contributed by atoms with Gasteiger partial charge >= 0.3 is 0 Å². The van der Waals surface area contributed by atoms with Gasteiger partial charge in [-0.25, -0.2) is 4.98 Å². The smallest absolute Gasteiger partial charge is 0.233 e. The molecule has 0 saturated heterocycles. The summed E-state index contributed by atoms with van der Waals surface area (Å²) in [4.78, 5) is 16.2. The monoisotopic (exact) mass is 364 g/mol. The number of amides is 1. The van der Waals surface area contributed by atoms with E-state index in [1.807, 2.05) is 29.6 Å². The van der Waals surface area contributed by atoms with E-state index in [0.717, 1.165) is 15.7 Å². The molecule has 1 amide bonds. The maximum Gasteiger partial charge on any atom is 0.233 e. The second-order valence-electron chi connectivity index (χ2n) is 4.10. The normalized spacial score (nSPS) is 10.5. The van der Waals surface area contributed by atoms with Gasteiger partial charge in [0.25, 0.3) is 0 Å². The van der Waals surface area contributed by atoms with Gasteiger partial charge in [-0.1, -0.05) is 33.3 Å². The number of aromatic amines is 1. The van der Waals surface area contributed by atoms with Crippen molar-refractivity contribution in [3.05, 3.63) is 39.9 Å². The number of hydrogen-bond donors (Lipinski definition) is 2. The molecule has 0 fully saturated rings. The fraction of sp³-hybridized carbons (Fsp3) is 0.0833. The Morgan fingerprint density at radius 3 is 2.86 bits per heavy atom. The minimum absolute atomic E-state index is 0.0592. The van der Waals surface area contributed by atoms with Gasteiger partial charge in [0.1, 0.15) is 0 Å². The number of aromatic nitrogens is 5. The molecule has 21 heavy (non-hydrogen) atoms. The second kappa shape index (κ2) is 6.10. The molecule has 2 heterocycles. The fourth-order valence-electron chi connectivity index (χ4n) is 1.65. The first-order chi connectivity index (χ1) is 10.2. The number of halogens is 1. The molecule has 0 aliphatic carbocycles. The van der Waals surface area contributed by atoms with Gasteiger partial charge < -0.3 is 5.32 Å². The Morgan fingerprint density at radius 1 is 1.33 bits per heavy atom. The number of anilines is 1. The highest BCUT2D eigenvalue weighted by Crippen LogP contribution is 2.26. The minimum Gasteiger partial charge on any atom is -0.302 e. The zero-order chi connectivity index (χ0) is 14.7. The van der Waals surface area contributed by atoms with Gasteiger partial charge in [0, 0.05) is 15.4 Å². The maximum absolute atomic E-state index is 11.8. The van der Waals surface area contributed by atoms with Crippen molar-refractivity contribution < 1.29 is 4.79 Å². The minimum atomic E-state index is -0.229. The Kier molecular flexibility index (Phi) is 4.02. The summed E-state index contributed by atoms with van der Waals surface area (Å²) in [5.41, 5.74) is 1.82. The van der Waals surface area contributed by atoms with E-state index in [4.69, 9.17) is 0 Å². The fourth-order valence-corrected chi connectivity index (χ4v) is 2.65. The third-order valence-corrected chi connectivity index (χ3v) is 3.88. The number of nitrogens with zero attached hydrogens (tertiary/aromatic N) is 4. The summed E-state index contributed by atoms with van der Waals surface area (Å²) >= 11 is 4.76. The third kappa shape index (κ3) is 3.50. The van der Waals surface area contributed by atoms with Crippen LogP contribution < -0.4 is 5.32 Å². The van der Waals surface area contributed by atoms with Gasteiger partial charge in [-0.15, -0.1) is 21.5 Å². The molecule has 0 spiro atoms. The van der Waals surface area contributed by atoms with Crippen LogP contribution in [0.4, 0.5) is 5.13 Å². The average molecular weight is 365 g/mol. The second-order valence-corrected chi connectivity index (χ2v) is 5.87. The molecule has 3 aromatic rings.